The van der Waals surface area contributed by atoms with Crippen LogP contribution in [-0.2, 0) is 9.53 Å². The lowest BCUT2D eigenvalue weighted by Crippen LogP contribution is -2.39. The van der Waals surface area contributed by atoms with Crippen LogP contribution in [0.25, 0.3) is 0 Å². The molecule has 4 nitrogen and oxygen atoms in total. The molecule has 1 fully saturated rings. The van der Waals surface area contributed by atoms with Crippen molar-refractivity contribution >= 4 is 27.6 Å². The van der Waals surface area contributed by atoms with Crippen LogP contribution in [-0.4, -0.2) is 25.7 Å². The molecule has 1 heterocycles. The first-order valence-corrected chi connectivity index (χ1v) is 7.56. The SMILES string of the molecule is CCOC(=O)C1CCCN(c2cccc(Br)c2C#N)C1. The van der Waals surface area contributed by atoms with E-state index in [1.807, 2.05) is 25.1 Å². The van der Waals surface area contributed by atoms with Crippen molar-refractivity contribution in [2.45, 2.75) is 19.8 Å². The monoisotopic (exact) mass is 336 g/mol. The molecule has 1 aliphatic rings. The molecule has 20 heavy (non-hydrogen) atoms. The highest BCUT2D eigenvalue weighted by Gasteiger charge is 2.28. The molecule has 0 aromatic heterocycles. The first-order valence-electron chi connectivity index (χ1n) is 6.77. The fourth-order valence-corrected chi connectivity index (χ4v) is 2.98. The smallest absolute Gasteiger partial charge is 0.310 e. The Morgan fingerprint density at radius 2 is 2.40 bits per heavy atom. The molecule has 1 aromatic rings. The number of benzene rings is 1. The van der Waals surface area contributed by atoms with Gasteiger partial charge in [0.2, 0.25) is 0 Å². The zero-order valence-corrected chi connectivity index (χ0v) is 13.0. The fourth-order valence-electron chi connectivity index (χ4n) is 2.54. The summed E-state index contributed by atoms with van der Waals surface area (Å²) in [6.07, 6.45) is 1.78. The van der Waals surface area contributed by atoms with Crippen molar-refractivity contribution in [3.63, 3.8) is 0 Å². The van der Waals surface area contributed by atoms with Gasteiger partial charge in [-0.05, 0) is 47.8 Å². The topological polar surface area (TPSA) is 53.3 Å². The van der Waals surface area contributed by atoms with Gasteiger partial charge in [-0.1, -0.05) is 6.07 Å². The second-order valence-electron chi connectivity index (χ2n) is 4.78. The molecule has 0 amide bonds. The van der Waals surface area contributed by atoms with E-state index < -0.39 is 0 Å². The van der Waals surface area contributed by atoms with Crippen molar-refractivity contribution in [1.29, 1.82) is 5.26 Å². The summed E-state index contributed by atoms with van der Waals surface area (Å²) in [5, 5.41) is 9.29. The molecule has 5 heteroatoms. The number of esters is 1. The summed E-state index contributed by atoms with van der Waals surface area (Å²) >= 11 is 3.40. The van der Waals surface area contributed by atoms with Crippen molar-refractivity contribution in [2.75, 3.05) is 24.6 Å². The summed E-state index contributed by atoms with van der Waals surface area (Å²) < 4.78 is 5.89. The molecule has 0 saturated carbocycles. The summed E-state index contributed by atoms with van der Waals surface area (Å²) in [6.45, 7) is 3.71. The van der Waals surface area contributed by atoms with Gasteiger partial charge in [-0.25, -0.2) is 0 Å². The lowest BCUT2D eigenvalue weighted by Gasteiger charge is -2.33. The summed E-state index contributed by atoms with van der Waals surface area (Å²) in [4.78, 5) is 14.0. The Kier molecular flexibility index (Phi) is 5.02. The first-order chi connectivity index (χ1) is 9.67. The minimum Gasteiger partial charge on any atom is -0.466 e. The number of rotatable bonds is 3. The van der Waals surface area contributed by atoms with Gasteiger partial charge in [0, 0.05) is 17.6 Å². The summed E-state index contributed by atoms with van der Waals surface area (Å²) in [5.74, 6) is -0.236. The van der Waals surface area contributed by atoms with E-state index in [1.165, 1.54) is 0 Å². The van der Waals surface area contributed by atoms with Gasteiger partial charge in [0.25, 0.3) is 0 Å². The standard InChI is InChI=1S/C15H17BrN2O2/c1-2-20-15(19)11-5-4-8-18(10-11)14-7-3-6-13(16)12(14)9-17/h3,6-7,11H,2,4-5,8,10H2,1H3. The summed E-state index contributed by atoms with van der Waals surface area (Å²) in [6, 6.07) is 7.92. The van der Waals surface area contributed by atoms with Crippen LogP contribution >= 0.6 is 15.9 Å². The Labute approximate surface area is 127 Å². The number of piperidine rings is 1. The lowest BCUT2D eigenvalue weighted by molar-refractivity contribution is -0.148. The maximum absolute atomic E-state index is 11.9. The third-order valence-corrected chi connectivity index (χ3v) is 4.15. The minimum absolute atomic E-state index is 0.103. The van der Waals surface area contributed by atoms with Crippen LogP contribution < -0.4 is 4.90 Å². The van der Waals surface area contributed by atoms with Crippen LogP contribution in [0.3, 0.4) is 0 Å². The average molecular weight is 337 g/mol. The van der Waals surface area contributed by atoms with Gasteiger partial charge in [0.15, 0.2) is 0 Å². The molecule has 0 spiro atoms. The van der Waals surface area contributed by atoms with Crippen molar-refractivity contribution in [1.82, 2.24) is 0 Å². The Morgan fingerprint density at radius 3 is 3.10 bits per heavy atom. The van der Waals surface area contributed by atoms with Crippen molar-refractivity contribution in [2.24, 2.45) is 5.92 Å². The van der Waals surface area contributed by atoms with Crippen molar-refractivity contribution < 1.29 is 9.53 Å². The van der Waals surface area contributed by atoms with Gasteiger partial charge in [-0.15, -0.1) is 0 Å². The van der Waals surface area contributed by atoms with Gasteiger partial charge in [0.05, 0.1) is 23.8 Å². The number of halogens is 1. The molecule has 106 valence electrons. The van der Waals surface area contributed by atoms with Crippen LogP contribution in [0.5, 0.6) is 0 Å². The maximum atomic E-state index is 11.9. The largest absolute Gasteiger partial charge is 0.466 e. The molecule has 2 rings (SSSR count). The number of nitriles is 1. The molecular weight excluding hydrogens is 320 g/mol. The minimum atomic E-state index is -0.134. The van der Waals surface area contributed by atoms with E-state index in [0.29, 0.717) is 18.7 Å². The Morgan fingerprint density at radius 1 is 1.60 bits per heavy atom. The lowest BCUT2D eigenvalue weighted by atomic mass is 9.97. The Balaban J connectivity index is 2.20. The van der Waals surface area contributed by atoms with Gasteiger partial charge in [0.1, 0.15) is 6.07 Å². The maximum Gasteiger partial charge on any atom is 0.310 e. The van der Waals surface area contributed by atoms with E-state index in [4.69, 9.17) is 4.74 Å². The molecule has 1 atom stereocenters. The highest BCUT2D eigenvalue weighted by Crippen LogP contribution is 2.30. The normalized spacial score (nSPS) is 18.4. The van der Waals surface area contributed by atoms with Crippen LogP contribution in [0, 0.1) is 17.2 Å². The third-order valence-electron chi connectivity index (χ3n) is 3.49. The van der Waals surface area contributed by atoms with Crippen LogP contribution in [0.2, 0.25) is 0 Å². The molecular formula is C15H17BrN2O2. The van der Waals surface area contributed by atoms with Crippen molar-refractivity contribution in [3.05, 3.63) is 28.2 Å². The van der Waals surface area contributed by atoms with Gasteiger partial charge in [-0.2, -0.15) is 5.26 Å². The number of hydrogen-bond acceptors (Lipinski definition) is 4. The zero-order chi connectivity index (χ0) is 14.5. The molecule has 1 aliphatic heterocycles. The highest BCUT2D eigenvalue weighted by molar-refractivity contribution is 9.10. The molecule has 0 N–H and O–H groups in total. The Hall–Kier alpha value is -1.54. The molecule has 1 saturated heterocycles. The van der Waals surface area contributed by atoms with Gasteiger partial charge in [-0.3, -0.25) is 4.79 Å². The fraction of sp³-hybridized carbons (Fsp3) is 0.467. The number of hydrogen-bond donors (Lipinski definition) is 0. The van der Waals surface area contributed by atoms with E-state index >= 15 is 0 Å². The quantitative estimate of drug-likeness (QED) is 0.796. The van der Waals surface area contributed by atoms with Crippen LogP contribution in [0.1, 0.15) is 25.3 Å². The molecule has 0 aliphatic carbocycles. The number of ether oxygens (including phenoxy) is 1. The highest BCUT2D eigenvalue weighted by atomic mass is 79.9. The molecule has 0 bridgehead atoms. The molecule has 0 radical (unpaired) electrons. The van der Waals surface area contributed by atoms with E-state index in [2.05, 4.69) is 26.9 Å². The Bertz CT molecular complexity index is 539. The average Bonchev–Trinajstić information content (AvgIpc) is 2.47. The molecule has 1 aromatic carbocycles. The van der Waals surface area contributed by atoms with Gasteiger partial charge >= 0.3 is 5.97 Å². The number of anilines is 1. The summed E-state index contributed by atoms with van der Waals surface area (Å²) in [7, 11) is 0. The first kappa shape index (κ1) is 14.9. The second kappa shape index (κ2) is 6.76. The van der Waals surface area contributed by atoms with E-state index in [9.17, 15) is 10.1 Å². The summed E-state index contributed by atoms with van der Waals surface area (Å²) in [5.41, 5.74) is 1.51. The number of nitrogens with zero attached hydrogens (tertiary/aromatic N) is 2. The van der Waals surface area contributed by atoms with Crippen molar-refractivity contribution in [3.8, 4) is 6.07 Å². The zero-order valence-electron chi connectivity index (χ0n) is 11.4. The second-order valence-corrected chi connectivity index (χ2v) is 5.64. The van der Waals surface area contributed by atoms with Gasteiger partial charge < -0.3 is 9.64 Å². The predicted octanol–water partition coefficient (Wildman–Crippen LogP) is 3.10. The van der Waals surface area contributed by atoms with E-state index in [1.54, 1.807) is 0 Å². The van der Waals surface area contributed by atoms with Crippen LogP contribution in [0.15, 0.2) is 22.7 Å². The third kappa shape index (κ3) is 3.13. The number of carbonyl (C=O) groups is 1. The number of carbonyl (C=O) groups excluding carboxylic acids is 1. The predicted molar refractivity (Wildman–Crippen MR) is 80.4 cm³/mol. The van der Waals surface area contributed by atoms with E-state index in [-0.39, 0.29) is 11.9 Å². The molecule has 1 unspecified atom stereocenters. The van der Waals surface area contributed by atoms with E-state index in [0.717, 1.165) is 29.5 Å². The van der Waals surface area contributed by atoms with Crippen LogP contribution in [0.4, 0.5) is 5.69 Å².